The van der Waals surface area contributed by atoms with Crippen LogP contribution >= 0.6 is 0 Å². The Bertz CT molecular complexity index is 890. The zero-order valence-corrected chi connectivity index (χ0v) is 34.9. The van der Waals surface area contributed by atoms with Crippen LogP contribution in [0.4, 0.5) is 0 Å². The van der Waals surface area contributed by atoms with E-state index in [1.54, 1.807) is 0 Å². The van der Waals surface area contributed by atoms with E-state index in [9.17, 15) is 9.59 Å². The van der Waals surface area contributed by atoms with Gasteiger partial charge in [-0.05, 0) is 91.1 Å². The van der Waals surface area contributed by atoms with Gasteiger partial charge >= 0.3 is 11.9 Å². The minimum Gasteiger partial charge on any atom is -0.462 e. The molecule has 0 spiro atoms. The molecule has 0 rings (SSSR count). The van der Waals surface area contributed by atoms with Crippen LogP contribution in [0.3, 0.4) is 0 Å². The number of ether oxygens (including phenoxy) is 2. The molecule has 0 aromatic heterocycles. The second kappa shape index (κ2) is 41.6. The quantitative estimate of drug-likeness (QED) is 0.0358. The van der Waals surface area contributed by atoms with Crippen molar-refractivity contribution in [1.82, 2.24) is 4.90 Å². The summed E-state index contributed by atoms with van der Waals surface area (Å²) in [5.74, 6) is -0.382. The van der Waals surface area contributed by atoms with E-state index in [4.69, 9.17) is 9.47 Å². The summed E-state index contributed by atoms with van der Waals surface area (Å²) in [6.45, 7) is 5.21. The third-order valence-corrected chi connectivity index (χ3v) is 9.46. The van der Waals surface area contributed by atoms with Gasteiger partial charge < -0.3 is 14.4 Å². The zero-order chi connectivity index (χ0) is 38.0. The molecule has 302 valence electrons. The van der Waals surface area contributed by atoms with Crippen molar-refractivity contribution < 1.29 is 19.1 Å². The molecule has 0 saturated carbocycles. The lowest BCUT2D eigenvalue weighted by Crippen LogP contribution is -2.34. The molecule has 1 unspecified atom stereocenters. The van der Waals surface area contributed by atoms with Gasteiger partial charge in [0.1, 0.15) is 12.7 Å². The highest BCUT2D eigenvalue weighted by molar-refractivity contribution is 5.70. The maximum Gasteiger partial charge on any atom is 0.306 e. The molecule has 0 heterocycles. The SMILES string of the molecule is CCCCCCCC/C=C\C/C=C\CCCCCCCC(=O)OCC(CN(C)C)OC(=O)CCCCCCC/C=C\C/C=C\CCCCCCCC. The van der Waals surface area contributed by atoms with E-state index in [0.29, 0.717) is 19.4 Å². The largest absolute Gasteiger partial charge is 0.462 e. The Balaban J connectivity index is 3.79. The highest BCUT2D eigenvalue weighted by Crippen LogP contribution is 2.12. The Labute approximate surface area is 323 Å². The van der Waals surface area contributed by atoms with Crippen molar-refractivity contribution >= 4 is 11.9 Å². The van der Waals surface area contributed by atoms with Gasteiger partial charge in [-0.1, -0.05) is 165 Å². The average Bonchev–Trinajstić information content (AvgIpc) is 3.12. The van der Waals surface area contributed by atoms with Crippen molar-refractivity contribution in [2.45, 2.75) is 213 Å². The van der Waals surface area contributed by atoms with Crippen molar-refractivity contribution in [1.29, 1.82) is 0 Å². The van der Waals surface area contributed by atoms with E-state index < -0.39 is 6.10 Å². The van der Waals surface area contributed by atoms with Gasteiger partial charge in [0.15, 0.2) is 0 Å². The summed E-state index contributed by atoms with van der Waals surface area (Å²) in [7, 11) is 3.88. The zero-order valence-electron chi connectivity index (χ0n) is 34.9. The smallest absolute Gasteiger partial charge is 0.306 e. The lowest BCUT2D eigenvalue weighted by Gasteiger charge is -2.21. The fourth-order valence-electron chi connectivity index (χ4n) is 6.26. The first-order valence-corrected chi connectivity index (χ1v) is 22.1. The lowest BCUT2D eigenvalue weighted by molar-refractivity contribution is -0.160. The summed E-state index contributed by atoms with van der Waals surface area (Å²) in [6.07, 6.45) is 52.9. The monoisotopic (exact) mass is 728 g/mol. The number of hydrogen-bond donors (Lipinski definition) is 0. The Kier molecular flexibility index (Phi) is 39.9. The molecule has 1 atom stereocenters. The molecule has 52 heavy (non-hydrogen) atoms. The maximum atomic E-state index is 12.5. The van der Waals surface area contributed by atoms with Crippen LogP contribution in [-0.2, 0) is 19.1 Å². The van der Waals surface area contributed by atoms with Crippen LogP contribution in [0.5, 0.6) is 0 Å². The summed E-state index contributed by atoms with van der Waals surface area (Å²) < 4.78 is 11.2. The van der Waals surface area contributed by atoms with Crippen molar-refractivity contribution in [3.8, 4) is 0 Å². The van der Waals surface area contributed by atoms with Crippen LogP contribution in [-0.4, -0.2) is 50.2 Å². The average molecular weight is 728 g/mol. The molecule has 0 fully saturated rings. The van der Waals surface area contributed by atoms with Gasteiger partial charge in [0.05, 0.1) is 0 Å². The molecular weight excluding hydrogens is 643 g/mol. The summed E-state index contributed by atoms with van der Waals surface area (Å²) in [6, 6.07) is 0. The first-order valence-electron chi connectivity index (χ1n) is 22.1. The minimum atomic E-state index is -0.424. The number of allylic oxidation sites excluding steroid dienone is 8. The standard InChI is InChI=1S/C47H85NO4/c1-5-7-9-11-13-15-17-19-21-23-25-27-29-31-33-35-37-39-41-46(49)51-44-45(43-48(3)4)52-47(50)42-40-38-36-34-32-30-28-26-24-22-20-18-16-14-12-10-8-6-2/h19-22,25-28,45H,5-18,23-24,29-44H2,1-4H3/b21-19-,22-20-,27-25-,28-26-. The van der Waals surface area contributed by atoms with E-state index in [-0.39, 0.29) is 18.5 Å². The molecule has 0 amide bonds. The van der Waals surface area contributed by atoms with Gasteiger partial charge in [0, 0.05) is 19.4 Å². The lowest BCUT2D eigenvalue weighted by atomic mass is 10.1. The number of carbonyl (C=O) groups is 2. The Morgan fingerprint density at radius 3 is 1.19 bits per heavy atom. The second-order valence-electron chi connectivity index (χ2n) is 15.1. The molecule has 0 aliphatic rings. The highest BCUT2D eigenvalue weighted by atomic mass is 16.6. The third kappa shape index (κ3) is 40.6. The van der Waals surface area contributed by atoms with Crippen LogP contribution in [0.25, 0.3) is 0 Å². The molecule has 0 radical (unpaired) electrons. The predicted octanol–water partition coefficient (Wildman–Crippen LogP) is 14.0. The van der Waals surface area contributed by atoms with E-state index in [0.717, 1.165) is 64.2 Å². The van der Waals surface area contributed by atoms with Crippen LogP contribution in [0.15, 0.2) is 48.6 Å². The van der Waals surface area contributed by atoms with Crippen LogP contribution in [0.2, 0.25) is 0 Å². The number of unbranched alkanes of at least 4 members (excludes halogenated alkanes) is 22. The summed E-state index contributed by atoms with van der Waals surface area (Å²) in [4.78, 5) is 26.8. The molecule has 0 aliphatic heterocycles. The Morgan fingerprint density at radius 2 is 0.808 bits per heavy atom. The van der Waals surface area contributed by atoms with E-state index in [1.165, 1.54) is 116 Å². The van der Waals surface area contributed by atoms with Crippen molar-refractivity contribution in [2.75, 3.05) is 27.2 Å². The number of likely N-dealkylation sites (N-methyl/N-ethyl adjacent to an activating group) is 1. The Hall–Kier alpha value is -2.14. The first kappa shape index (κ1) is 49.9. The fourth-order valence-corrected chi connectivity index (χ4v) is 6.26. The van der Waals surface area contributed by atoms with Crippen LogP contribution < -0.4 is 0 Å². The number of hydrogen-bond acceptors (Lipinski definition) is 5. The van der Waals surface area contributed by atoms with E-state index in [2.05, 4.69) is 62.5 Å². The number of nitrogens with zero attached hydrogens (tertiary/aromatic N) is 1. The number of carbonyl (C=O) groups excluding carboxylic acids is 2. The summed E-state index contributed by atoms with van der Waals surface area (Å²) in [5.41, 5.74) is 0. The van der Waals surface area contributed by atoms with Gasteiger partial charge in [-0.3, -0.25) is 9.59 Å². The second-order valence-corrected chi connectivity index (χ2v) is 15.1. The topological polar surface area (TPSA) is 55.8 Å². The van der Waals surface area contributed by atoms with Gasteiger partial charge in [-0.25, -0.2) is 0 Å². The predicted molar refractivity (Wildman–Crippen MR) is 226 cm³/mol. The normalized spacial score (nSPS) is 12.7. The van der Waals surface area contributed by atoms with Gasteiger partial charge in [-0.15, -0.1) is 0 Å². The van der Waals surface area contributed by atoms with Gasteiger partial charge in [-0.2, -0.15) is 0 Å². The van der Waals surface area contributed by atoms with Gasteiger partial charge in [0.25, 0.3) is 0 Å². The molecule has 0 N–H and O–H groups in total. The number of rotatable bonds is 39. The molecule has 0 saturated heterocycles. The summed E-state index contributed by atoms with van der Waals surface area (Å²) >= 11 is 0. The minimum absolute atomic E-state index is 0.131. The summed E-state index contributed by atoms with van der Waals surface area (Å²) in [5, 5.41) is 0. The maximum absolute atomic E-state index is 12.5. The van der Waals surface area contributed by atoms with E-state index >= 15 is 0 Å². The number of esters is 2. The molecule has 5 nitrogen and oxygen atoms in total. The van der Waals surface area contributed by atoms with Crippen molar-refractivity contribution in [3.05, 3.63) is 48.6 Å². The van der Waals surface area contributed by atoms with Crippen molar-refractivity contribution in [3.63, 3.8) is 0 Å². The van der Waals surface area contributed by atoms with Crippen molar-refractivity contribution in [2.24, 2.45) is 0 Å². The first-order chi connectivity index (χ1) is 25.5. The van der Waals surface area contributed by atoms with Crippen LogP contribution in [0.1, 0.15) is 206 Å². The molecule has 0 bridgehead atoms. The fraction of sp³-hybridized carbons (Fsp3) is 0.787. The highest BCUT2D eigenvalue weighted by Gasteiger charge is 2.18. The van der Waals surface area contributed by atoms with E-state index in [1.807, 2.05) is 19.0 Å². The molecule has 0 aliphatic carbocycles. The Morgan fingerprint density at radius 1 is 0.462 bits per heavy atom. The molecule has 0 aromatic rings. The molecule has 0 aromatic carbocycles. The molecular formula is C47H85NO4. The van der Waals surface area contributed by atoms with Crippen LogP contribution in [0, 0.1) is 0 Å². The van der Waals surface area contributed by atoms with Gasteiger partial charge in [0.2, 0.25) is 0 Å². The molecule has 5 heteroatoms. The third-order valence-electron chi connectivity index (χ3n) is 9.46.